The topological polar surface area (TPSA) is 95.0 Å². The number of nitrogens with two attached hydrogens (primary N) is 1. The van der Waals surface area contributed by atoms with Gasteiger partial charge in [0.1, 0.15) is 11.9 Å². The Labute approximate surface area is 101 Å². The fourth-order valence-corrected chi connectivity index (χ4v) is 1.44. The van der Waals surface area contributed by atoms with Crippen LogP contribution in [0.2, 0.25) is 0 Å². The van der Waals surface area contributed by atoms with E-state index in [4.69, 9.17) is 16.1 Å². The SMILES string of the molecule is CC(CO)CCCNc1ncc(C#N)cc1N. The molecule has 0 saturated heterocycles. The second-order valence-corrected chi connectivity index (χ2v) is 4.13. The highest BCUT2D eigenvalue weighted by molar-refractivity contribution is 5.62. The summed E-state index contributed by atoms with van der Waals surface area (Å²) in [6.07, 6.45) is 3.40. The summed E-state index contributed by atoms with van der Waals surface area (Å²) in [6.45, 7) is 2.99. The predicted octanol–water partition coefficient (Wildman–Crippen LogP) is 1.36. The monoisotopic (exact) mass is 234 g/mol. The summed E-state index contributed by atoms with van der Waals surface area (Å²) in [5, 5.41) is 20.7. The highest BCUT2D eigenvalue weighted by atomic mass is 16.3. The minimum Gasteiger partial charge on any atom is -0.396 e. The molecule has 0 aliphatic carbocycles. The standard InChI is InChI=1S/C12H18N4O/c1-9(8-17)3-2-4-15-12-11(14)5-10(6-13)7-16-12/h5,7,9,17H,2-4,8,14H2,1H3,(H,15,16). The van der Waals surface area contributed by atoms with Gasteiger partial charge in [0, 0.05) is 19.3 Å². The molecule has 0 radical (unpaired) electrons. The largest absolute Gasteiger partial charge is 0.396 e. The van der Waals surface area contributed by atoms with Gasteiger partial charge >= 0.3 is 0 Å². The maximum absolute atomic E-state index is 8.87. The molecule has 0 bridgehead atoms. The molecular weight excluding hydrogens is 216 g/mol. The first-order valence-corrected chi connectivity index (χ1v) is 5.67. The van der Waals surface area contributed by atoms with Gasteiger partial charge in [-0.1, -0.05) is 6.92 Å². The number of rotatable bonds is 6. The zero-order valence-electron chi connectivity index (χ0n) is 9.98. The lowest BCUT2D eigenvalue weighted by molar-refractivity contribution is 0.229. The van der Waals surface area contributed by atoms with E-state index in [1.54, 1.807) is 6.07 Å². The van der Waals surface area contributed by atoms with E-state index >= 15 is 0 Å². The van der Waals surface area contributed by atoms with Crippen LogP contribution in [0.3, 0.4) is 0 Å². The van der Waals surface area contributed by atoms with Crippen LogP contribution in [0.15, 0.2) is 12.3 Å². The number of hydrogen-bond donors (Lipinski definition) is 3. The number of nitrogens with zero attached hydrogens (tertiary/aromatic N) is 2. The molecule has 1 unspecified atom stereocenters. The van der Waals surface area contributed by atoms with E-state index in [9.17, 15) is 0 Å². The first-order valence-electron chi connectivity index (χ1n) is 5.67. The van der Waals surface area contributed by atoms with Crippen LogP contribution >= 0.6 is 0 Å². The summed E-state index contributed by atoms with van der Waals surface area (Å²) in [5.41, 5.74) is 6.69. The summed E-state index contributed by atoms with van der Waals surface area (Å²) >= 11 is 0. The first kappa shape index (κ1) is 13.3. The Morgan fingerprint density at radius 3 is 3.00 bits per heavy atom. The van der Waals surface area contributed by atoms with Gasteiger partial charge in [-0.15, -0.1) is 0 Å². The highest BCUT2D eigenvalue weighted by Crippen LogP contribution is 2.16. The number of nitrogens with one attached hydrogen (secondary N) is 1. The van der Waals surface area contributed by atoms with Crippen molar-refractivity contribution in [1.82, 2.24) is 4.98 Å². The van der Waals surface area contributed by atoms with Crippen molar-refractivity contribution in [3.63, 3.8) is 0 Å². The molecule has 0 saturated carbocycles. The van der Waals surface area contributed by atoms with Crippen molar-refractivity contribution in [1.29, 1.82) is 5.26 Å². The molecule has 0 spiro atoms. The Hall–Kier alpha value is -1.80. The van der Waals surface area contributed by atoms with E-state index in [0.29, 0.717) is 23.0 Å². The van der Waals surface area contributed by atoms with Crippen LogP contribution in [-0.4, -0.2) is 23.2 Å². The molecule has 1 atom stereocenters. The van der Waals surface area contributed by atoms with Gasteiger partial charge in [-0.3, -0.25) is 0 Å². The summed E-state index contributed by atoms with van der Waals surface area (Å²) < 4.78 is 0. The molecule has 4 N–H and O–H groups in total. The highest BCUT2D eigenvalue weighted by Gasteiger charge is 2.03. The molecule has 1 aromatic rings. The van der Waals surface area contributed by atoms with Gasteiger partial charge in [0.05, 0.1) is 11.3 Å². The fourth-order valence-electron chi connectivity index (χ4n) is 1.44. The zero-order valence-corrected chi connectivity index (χ0v) is 9.98. The number of aliphatic hydroxyl groups is 1. The molecule has 1 heterocycles. The predicted molar refractivity (Wildman–Crippen MR) is 67.3 cm³/mol. The number of nitrogen functional groups attached to an aromatic ring is 1. The lowest BCUT2D eigenvalue weighted by Crippen LogP contribution is -2.09. The summed E-state index contributed by atoms with van der Waals surface area (Å²) in [5.74, 6) is 0.934. The number of aliphatic hydroxyl groups excluding tert-OH is 1. The smallest absolute Gasteiger partial charge is 0.149 e. The number of anilines is 2. The molecule has 0 aliphatic rings. The number of aromatic nitrogens is 1. The van der Waals surface area contributed by atoms with Crippen LogP contribution < -0.4 is 11.1 Å². The quantitative estimate of drug-likeness (QED) is 0.646. The normalized spacial score (nSPS) is 11.8. The van der Waals surface area contributed by atoms with E-state index in [-0.39, 0.29) is 6.61 Å². The molecule has 1 rings (SSSR count). The van der Waals surface area contributed by atoms with Crippen molar-refractivity contribution in [3.8, 4) is 6.07 Å². The second-order valence-electron chi connectivity index (χ2n) is 4.13. The van der Waals surface area contributed by atoms with Gasteiger partial charge in [-0.25, -0.2) is 4.98 Å². The van der Waals surface area contributed by atoms with Crippen LogP contribution in [0.1, 0.15) is 25.3 Å². The second kappa shape index (κ2) is 6.71. The van der Waals surface area contributed by atoms with Crippen molar-refractivity contribution in [2.45, 2.75) is 19.8 Å². The van der Waals surface area contributed by atoms with Crippen LogP contribution in [0.25, 0.3) is 0 Å². The van der Waals surface area contributed by atoms with Crippen molar-refractivity contribution < 1.29 is 5.11 Å². The van der Waals surface area contributed by atoms with E-state index in [2.05, 4.69) is 10.3 Å². The lowest BCUT2D eigenvalue weighted by atomic mass is 10.1. The Balaban J connectivity index is 2.40. The summed E-state index contributed by atoms with van der Waals surface area (Å²) in [7, 11) is 0. The van der Waals surface area contributed by atoms with Crippen molar-refractivity contribution in [2.24, 2.45) is 5.92 Å². The molecule has 0 amide bonds. The zero-order chi connectivity index (χ0) is 12.7. The average Bonchev–Trinajstić information content (AvgIpc) is 2.35. The third-order valence-corrected chi connectivity index (χ3v) is 2.52. The van der Waals surface area contributed by atoms with E-state index in [1.165, 1.54) is 6.20 Å². The Bertz CT molecular complexity index is 400. The summed E-state index contributed by atoms with van der Waals surface area (Å²) in [6, 6.07) is 3.59. The van der Waals surface area contributed by atoms with Gasteiger partial charge in [-0.05, 0) is 24.8 Å². The molecular formula is C12H18N4O. The van der Waals surface area contributed by atoms with Crippen LogP contribution in [-0.2, 0) is 0 Å². The molecule has 0 aromatic carbocycles. The van der Waals surface area contributed by atoms with E-state index in [0.717, 1.165) is 19.4 Å². The number of nitriles is 1. The van der Waals surface area contributed by atoms with Gasteiger partial charge in [-0.2, -0.15) is 5.26 Å². The Kier molecular flexibility index (Phi) is 5.24. The third-order valence-electron chi connectivity index (χ3n) is 2.52. The number of pyridine rings is 1. The van der Waals surface area contributed by atoms with Gasteiger partial charge < -0.3 is 16.2 Å². The maximum Gasteiger partial charge on any atom is 0.149 e. The maximum atomic E-state index is 8.87. The molecule has 1 aromatic heterocycles. The minimum absolute atomic E-state index is 0.219. The fraction of sp³-hybridized carbons (Fsp3) is 0.500. The molecule has 92 valence electrons. The third kappa shape index (κ3) is 4.29. The lowest BCUT2D eigenvalue weighted by Gasteiger charge is -2.10. The molecule has 0 aliphatic heterocycles. The first-order chi connectivity index (χ1) is 8.17. The average molecular weight is 234 g/mol. The van der Waals surface area contributed by atoms with Crippen LogP contribution in [0.4, 0.5) is 11.5 Å². The number of hydrogen-bond acceptors (Lipinski definition) is 5. The minimum atomic E-state index is 0.219. The van der Waals surface area contributed by atoms with Gasteiger partial charge in [0.2, 0.25) is 0 Å². The Morgan fingerprint density at radius 1 is 1.65 bits per heavy atom. The van der Waals surface area contributed by atoms with E-state index < -0.39 is 0 Å². The Morgan fingerprint density at radius 2 is 2.41 bits per heavy atom. The summed E-state index contributed by atoms with van der Waals surface area (Å²) in [4.78, 5) is 4.08. The molecule has 0 fully saturated rings. The van der Waals surface area contributed by atoms with Crippen molar-refractivity contribution in [3.05, 3.63) is 17.8 Å². The van der Waals surface area contributed by atoms with Crippen molar-refractivity contribution in [2.75, 3.05) is 24.2 Å². The van der Waals surface area contributed by atoms with E-state index in [1.807, 2.05) is 13.0 Å². The molecule has 17 heavy (non-hydrogen) atoms. The van der Waals surface area contributed by atoms with Crippen molar-refractivity contribution >= 4 is 11.5 Å². The molecule has 5 nitrogen and oxygen atoms in total. The molecule has 5 heteroatoms. The van der Waals surface area contributed by atoms with Gasteiger partial charge in [0.15, 0.2) is 0 Å². The van der Waals surface area contributed by atoms with Crippen LogP contribution in [0, 0.1) is 17.2 Å². The van der Waals surface area contributed by atoms with Crippen LogP contribution in [0.5, 0.6) is 0 Å². The van der Waals surface area contributed by atoms with Gasteiger partial charge in [0.25, 0.3) is 0 Å².